The average molecular weight is 209 g/mol. The average Bonchev–Trinajstić information content (AvgIpc) is 2.16. The van der Waals surface area contributed by atoms with Gasteiger partial charge in [0.15, 0.2) is 11.6 Å². The lowest BCUT2D eigenvalue weighted by Gasteiger charge is -2.15. The van der Waals surface area contributed by atoms with Gasteiger partial charge in [0, 0.05) is 11.6 Å². The van der Waals surface area contributed by atoms with Crippen molar-refractivity contribution in [2.75, 3.05) is 7.11 Å². The molecule has 0 aliphatic rings. The summed E-state index contributed by atoms with van der Waals surface area (Å²) in [7, 11) is 1.44. The first-order valence-electron chi connectivity index (χ1n) is 4.78. The fraction of sp³-hybridized carbons (Fsp3) is 0.333. The molecule has 1 aromatic carbocycles. The van der Waals surface area contributed by atoms with Gasteiger partial charge in [0.05, 0.1) is 7.11 Å². The van der Waals surface area contributed by atoms with Crippen LogP contribution >= 0.6 is 0 Å². The van der Waals surface area contributed by atoms with Crippen LogP contribution in [0.1, 0.15) is 24.9 Å². The molecule has 15 heavy (non-hydrogen) atoms. The number of benzene rings is 1. The lowest BCUT2D eigenvalue weighted by atomic mass is 10.0. The molecule has 1 aromatic rings. The third-order valence-electron chi connectivity index (χ3n) is 2.17. The van der Waals surface area contributed by atoms with Gasteiger partial charge in [-0.2, -0.15) is 0 Å². The Morgan fingerprint density at radius 1 is 1.60 bits per heavy atom. The highest BCUT2D eigenvalue weighted by Crippen LogP contribution is 2.29. The maximum atomic E-state index is 13.3. The van der Waals surface area contributed by atoms with E-state index in [1.165, 1.54) is 13.2 Å². The topological polar surface area (TPSA) is 35.2 Å². The van der Waals surface area contributed by atoms with E-state index in [-0.39, 0.29) is 17.6 Å². The lowest BCUT2D eigenvalue weighted by molar-refractivity contribution is 0.377. The zero-order chi connectivity index (χ0) is 11.4. The Morgan fingerprint density at radius 3 is 2.80 bits per heavy atom. The molecule has 0 heterocycles. The molecule has 0 spiro atoms. The van der Waals surface area contributed by atoms with E-state index >= 15 is 0 Å². The van der Waals surface area contributed by atoms with E-state index in [1.807, 2.05) is 6.92 Å². The second kappa shape index (κ2) is 4.94. The van der Waals surface area contributed by atoms with Gasteiger partial charge in [-0.1, -0.05) is 17.7 Å². The van der Waals surface area contributed by atoms with Crippen molar-refractivity contribution >= 4 is 0 Å². The van der Waals surface area contributed by atoms with Crippen LogP contribution in [0.15, 0.2) is 30.4 Å². The standard InChI is InChI=1S/C12H16FNO/c1-8(2)7-11(14)9-5-4-6-10(13)12(9)15-3/h4-6,11H,1,7,14H2,2-3H3/t11-/m1/s1. The van der Waals surface area contributed by atoms with Crippen molar-refractivity contribution in [3.8, 4) is 5.75 Å². The van der Waals surface area contributed by atoms with Crippen LogP contribution in [0.5, 0.6) is 5.75 Å². The first-order chi connectivity index (χ1) is 7.06. The normalized spacial score (nSPS) is 12.3. The second-order valence-corrected chi connectivity index (χ2v) is 3.63. The molecule has 0 unspecified atom stereocenters. The van der Waals surface area contributed by atoms with Crippen LogP contribution in [0, 0.1) is 5.82 Å². The molecule has 0 amide bonds. The molecule has 0 aliphatic heterocycles. The molecule has 0 saturated heterocycles. The van der Waals surface area contributed by atoms with E-state index < -0.39 is 0 Å². The molecular weight excluding hydrogens is 193 g/mol. The molecule has 0 aromatic heterocycles. The second-order valence-electron chi connectivity index (χ2n) is 3.63. The highest BCUT2D eigenvalue weighted by Gasteiger charge is 2.14. The Kier molecular flexibility index (Phi) is 3.86. The smallest absolute Gasteiger partial charge is 0.165 e. The van der Waals surface area contributed by atoms with Gasteiger partial charge in [-0.25, -0.2) is 4.39 Å². The van der Waals surface area contributed by atoms with Crippen molar-refractivity contribution < 1.29 is 9.13 Å². The SMILES string of the molecule is C=C(C)C[C@@H](N)c1cccc(F)c1OC. The van der Waals surface area contributed by atoms with Crippen LogP contribution in [-0.2, 0) is 0 Å². The Balaban J connectivity index is 3.02. The van der Waals surface area contributed by atoms with E-state index in [0.29, 0.717) is 12.0 Å². The number of ether oxygens (including phenoxy) is 1. The van der Waals surface area contributed by atoms with Gasteiger partial charge in [0.1, 0.15) is 0 Å². The Hall–Kier alpha value is -1.35. The first kappa shape index (κ1) is 11.7. The third-order valence-corrected chi connectivity index (χ3v) is 2.17. The van der Waals surface area contributed by atoms with Crippen LogP contribution < -0.4 is 10.5 Å². The first-order valence-corrected chi connectivity index (χ1v) is 4.78. The van der Waals surface area contributed by atoms with Crippen LogP contribution in [0.3, 0.4) is 0 Å². The van der Waals surface area contributed by atoms with Crippen molar-refractivity contribution in [1.82, 2.24) is 0 Å². The molecule has 2 nitrogen and oxygen atoms in total. The summed E-state index contributed by atoms with van der Waals surface area (Å²) >= 11 is 0. The fourth-order valence-electron chi connectivity index (χ4n) is 1.52. The third kappa shape index (κ3) is 2.80. The van der Waals surface area contributed by atoms with Gasteiger partial charge in [0.2, 0.25) is 0 Å². The van der Waals surface area contributed by atoms with Gasteiger partial charge >= 0.3 is 0 Å². The highest BCUT2D eigenvalue weighted by atomic mass is 19.1. The molecule has 0 saturated carbocycles. The van der Waals surface area contributed by atoms with Crippen molar-refractivity contribution in [3.05, 3.63) is 41.7 Å². The summed E-state index contributed by atoms with van der Waals surface area (Å²) in [6, 6.07) is 4.49. The van der Waals surface area contributed by atoms with Crippen molar-refractivity contribution in [2.24, 2.45) is 5.73 Å². The zero-order valence-electron chi connectivity index (χ0n) is 9.09. The summed E-state index contributed by atoms with van der Waals surface area (Å²) in [5.74, 6) is -0.154. The number of para-hydroxylation sites is 1. The van der Waals surface area contributed by atoms with Crippen LogP contribution in [0.2, 0.25) is 0 Å². The van der Waals surface area contributed by atoms with Gasteiger partial charge < -0.3 is 10.5 Å². The van der Waals surface area contributed by atoms with Crippen molar-refractivity contribution in [1.29, 1.82) is 0 Å². The molecule has 2 N–H and O–H groups in total. The number of hydrogen-bond acceptors (Lipinski definition) is 2. The predicted octanol–water partition coefficient (Wildman–Crippen LogP) is 2.80. The number of rotatable bonds is 4. The minimum absolute atomic E-state index is 0.228. The summed E-state index contributed by atoms with van der Waals surface area (Å²) in [4.78, 5) is 0. The Labute approximate surface area is 89.6 Å². The van der Waals surface area contributed by atoms with E-state index in [2.05, 4.69) is 6.58 Å². The lowest BCUT2D eigenvalue weighted by Crippen LogP contribution is -2.12. The van der Waals surface area contributed by atoms with E-state index in [4.69, 9.17) is 10.5 Å². The Morgan fingerprint density at radius 2 is 2.27 bits per heavy atom. The quantitative estimate of drug-likeness (QED) is 0.774. The number of halogens is 1. The molecule has 3 heteroatoms. The molecule has 0 aliphatic carbocycles. The summed E-state index contributed by atoms with van der Waals surface area (Å²) in [5, 5.41) is 0. The predicted molar refractivity (Wildman–Crippen MR) is 59.3 cm³/mol. The summed E-state index contributed by atoms with van der Waals surface area (Å²) < 4.78 is 18.3. The maximum Gasteiger partial charge on any atom is 0.165 e. The van der Waals surface area contributed by atoms with Gasteiger partial charge in [-0.15, -0.1) is 6.58 Å². The van der Waals surface area contributed by atoms with Crippen molar-refractivity contribution in [2.45, 2.75) is 19.4 Å². The van der Waals surface area contributed by atoms with Gasteiger partial charge in [-0.05, 0) is 19.4 Å². The Bertz CT molecular complexity index is 363. The van der Waals surface area contributed by atoms with Crippen LogP contribution in [0.25, 0.3) is 0 Å². The summed E-state index contributed by atoms with van der Waals surface area (Å²) in [5.41, 5.74) is 7.58. The summed E-state index contributed by atoms with van der Waals surface area (Å²) in [6.07, 6.45) is 0.625. The molecule has 1 rings (SSSR count). The number of methoxy groups -OCH3 is 1. The molecule has 1 atom stereocenters. The highest BCUT2D eigenvalue weighted by molar-refractivity contribution is 5.37. The van der Waals surface area contributed by atoms with Crippen molar-refractivity contribution in [3.63, 3.8) is 0 Å². The number of nitrogens with two attached hydrogens (primary N) is 1. The molecule has 0 fully saturated rings. The van der Waals surface area contributed by atoms with Crippen LogP contribution in [-0.4, -0.2) is 7.11 Å². The molecule has 0 bridgehead atoms. The maximum absolute atomic E-state index is 13.3. The zero-order valence-corrected chi connectivity index (χ0v) is 9.09. The number of hydrogen-bond donors (Lipinski definition) is 1. The monoisotopic (exact) mass is 209 g/mol. The minimum atomic E-state index is -0.382. The van der Waals surface area contributed by atoms with Gasteiger partial charge in [0.25, 0.3) is 0 Å². The largest absolute Gasteiger partial charge is 0.493 e. The molecular formula is C12H16FNO. The van der Waals surface area contributed by atoms with Crippen LogP contribution in [0.4, 0.5) is 4.39 Å². The minimum Gasteiger partial charge on any atom is -0.493 e. The summed E-state index contributed by atoms with van der Waals surface area (Å²) in [6.45, 7) is 5.68. The van der Waals surface area contributed by atoms with E-state index in [9.17, 15) is 4.39 Å². The molecule has 0 radical (unpaired) electrons. The van der Waals surface area contributed by atoms with Gasteiger partial charge in [-0.3, -0.25) is 0 Å². The molecule has 82 valence electrons. The van der Waals surface area contributed by atoms with E-state index in [1.54, 1.807) is 12.1 Å². The van der Waals surface area contributed by atoms with E-state index in [0.717, 1.165) is 5.57 Å². The fourth-order valence-corrected chi connectivity index (χ4v) is 1.52.